The number of hydrogen-bond donors (Lipinski definition) is 0. The summed E-state index contributed by atoms with van der Waals surface area (Å²) in [5.74, 6) is -0.944. The van der Waals surface area contributed by atoms with E-state index in [1.54, 1.807) is 0 Å². The summed E-state index contributed by atoms with van der Waals surface area (Å²) < 4.78 is 69.9. The van der Waals surface area contributed by atoms with Crippen molar-refractivity contribution >= 4 is 15.9 Å². The van der Waals surface area contributed by atoms with Gasteiger partial charge in [0.05, 0.1) is 17.6 Å². The van der Waals surface area contributed by atoms with Crippen molar-refractivity contribution in [1.29, 1.82) is 0 Å². The fourth-order valence-corrected chi connectivity index (χ4v) is 4.54. The van der Waals surface area contributed by atoms with Crippen LogP contribution in [0.4, 0.5) is 13.2 Å². The number of methoxy groups -OCH3 is 1. The SMILES string of the molecule is COc1ccc(S(=O)(=O)N2CCCCCC2)cc1C(=O)N(C)CC(F)(F)F. The van der Waals surface area contributed by atoms with Crippen LogP contribution in [0.2, 0.25) is 0 Å². The molecular formula is C17H23F3N2O4S. The smallest absolute Gasteiger partial charge is 0.406 e. The molecule has 0 aliphatic carbocycles. The number of hydrogen-bond acceptors (Lipinski definition) is 4. The minimum atomic E-state index is -4.56. The summed E-state index contributed by atoms with van der Waals surface area (Å²) in [7, 11) is -1.57. The average Bonchev–Trinajstić information content (AvgIpc) is 2.89. The lowest BCUT2D eigenvalue weighted by Gasteiger charge is -2.22. The molecule has 0 unspecified atom stereocenters. The predicted octanol–water partition coefficient (Wildman–Crippen LogP) is 2.89. The molecule has 1 amide bonds. The van der Waals surface area contributed by atoms with Crippen LogP contribution in [-0.4, -0.2) is 63.5 Å². The van der Waals surface area contributed by atoms with Crippen LogP contribution in [-0.2, 0) is 10.0 Å². The Morgan fingerprint density at radius 2 is 1.78 bits per heavy atom. The second kappa shape index (κ2) is 8.47. The number of carbonyl (C=O) groups excluding carboxylic acids is 1. The molecule has 0 atom stereocenters. The van der Waals surface area contributed by atoms with Crippen molar-refractivity contribution in [1.82, 2.24) is 9.21 Å². The highest BCUT2D eigenvalue weighted by Gasteiger charge is 2.33. The molecule has 0 N–H and O–H groups in total. The minimum Gasteiger partial charge on any atom is -0.496 e. The van der Waals surface area contributed by atoms with Crippen molar-refractivity contribution in [3.63, 3.8) is 0 Å². The maximum absolute atomic E-state index is 12.9. The Hall–Kier alpha value is -1.81. The highest BCUT2D eigenvalue weighted by atomic mass is 32.2. The van der Waals surface area contributed by atoms with Crippen LogP contribution in [0.5, 0.6) is 5.75 Å². The number of benzene rings is 1. The van der Waals surface area contributed by atoms with Gasteiger partial charge in [0.2, 0.25) is 10.0 Å². The molecule has 1 heterocycles. The number of sulfonamides is 1. The lowest BCUT2D eigenvalue weighted by molar-refractivity contribution is -0.138. The Kier molecular flexibility index (Phi) is 6.74. The maximum Gasteiger partial charge on any atom is 0.406 e. The lowest BCUT2D eigenvalue weighted by Crippen LogP contribution is -2.36. The maximum atomic E-state index is 12.9. The fourth-order valence-electron chi connectivity index (χ4n) is 2.99. The second-order valence-corrected chi connectivity index (χ2v) is 8.39. The molecule has 2 rings (SSSR count). The largest absolute Gasteiger partial charge is 0.496 e. The molecule has 0 spiro atoms. The van der Waals surface area contributed by atoms with Crippen LogP contribution in [0.1, 0.15) is 36.0 Å². The first-order valence-electron chi connectivity index (χ1n) is 8.56. The highest BCUT2D eigenvalue weighted by Crippen LogP contribution is 2.28. The molecule has 1 saturated heterocycles. The number of nitrogens with zero attached hydrogens (tertiary/aromatic N) is 2. The molecule has 0 radical (unpaired) electrons. The summed E-state index contributed by atoms with van der Waals surface area (Å²) >= 11 is 0. The van der Waals surface area contributed by atoms with Crippen molar-refractivity contribution in [2.24, 2.45) is 0 Å². The van der Waals surface area contributed by atoms with E-state index in [1.165, 1.54) is 23.5 Å². The zero-order valence-corrected chi connectivity index (χ0v) is 16.1. The Morgan fingerprint density at radius 1 is 1.19 bits per heavy atom. The fraction of sp³-hybridized carbons (Fsp3) is 0.588. The molecule has 0 aromatic heterocycles. The highest BCUT2D eigenvalue weighted by molar-refractivity contribution is 7.89. The second-order valence-electron chi connectivity index (χ2n) is 6.46. The average molecular weight is 408 g/mol. The van der Waals surface area contributed by atoms with Crippen LogP contribution in [0, 0.1) is 0 Å². The summed E-state index contributed by atoms with van der Waals surface area (Å²) in [5.41, 5.74) is -0.222. The number of rotatable bonds is 5. The third-order valence-corrected chi connectivity index (χ3v) is 6.26. The number of ether oxygens (including phenoxy) is 1. The van der Waals surface area contributed by atoms with E-state index in [0.717, 1.165) is 38.8 Å². The van der Waals surface area contributed by atoms with E-state index < -0.39 is 28.7 Å². The summed E-state index contributed by atoms with van der Waals surface area (Å²) in [6.45, 7) is -0.685. The van der Waals surface area contributed by atoms with Crippen molar-refractivity contribution in [3.8, 4) is 5.75 Å². The van der Waals surface area contributed by atoms with E-state index in [0.29, 0.717) is 18.0 Å². The van der Waals surface area contributed by atoms with Crippen molar-refractivity contribution < 1.29 is 31.1 Å². The monoisotopic (exact) mass is 408 g/mol. The van der Waals surface area contributed by atoms with Gasteiger partial charge in [-0.3, -0.25) is 4.79 Å². The zero-order valence-electron chi connectivity index (χ0n) is 15.3. The van der Waals surface area contributed by atoms with Crippen LogP contribution in [0.25, 0.3) is 0 Å². The normalized spacial score (nSPS) is 16.6. The van der Waals surface area contributed by atoms with E-state index in [-0.39, 0.29) is 16.2 Å². The molecular weight excluding hydrogens is 385 g/mol. The van der Waals surface area contributed by atoms with Gasteiger partial charge in [-0.25, -0.2) is 8.42 Å². The van der Waals surface area contributed by atoms with Crippen LogP contribution < -0.4 is 4.74 Å². The summed E-state index contributed by atoms with van der Waals surface area (Å²) in [4.78, 5) is 12.8. The molecule has 1 aliphatic heterocycles. The molecule has 6 nitrogen and oxygen atoms in total. The van der Waals surface area contributed by atoms with Crippen LogP contribution >= 0.6 is 0 Å². The molecule has 0 bridgehead atoms. The molecule has 152 valence electrons. The Morgan fingerprint density at radius 3 is 2.30 bits per heavy atom. The Bertz CT molecular complexity index is 773. The molecule has 1 aromatic rings. The third-order valence-electron chi connectivity index (χ3n) is 4.37. The number of carbonyl (C=O) groups is 1. The van der Waals surface area contributed by atoms with Crippen LogP contribution in [0.3, 0.4) is 0 Å². The van der Waals surface area contributed by atoms with Crippen molar-refractivity contribution in [2.45, 2.75) is 36.8 Å². The predicted molar refractivity (Wildman–Crippen MR) is 93.2 cm³/mol. The first-order chi connectivity index (χ1) is 12.6. The van der Waals surface area contributed by atoms with Gasteiger partial charge in [-0.2, -0.15) is 17.5 Å². The molecule has 10 heteroatoms. The number of amides is 1. The first-order valence-corrected chi connectivity index (χ1v) is 10.0. The number of alkyl halides is 3. The Balaban J connectivity index is 2.37. The van der Waals surface area contributed by atoms with E-state index >= 15 is 0 Å². The van der Waals surface area contributed by atoms with Crippen LogP contribution in [0.15, 0.2) is 23.1 Å². The summed E-state index contributed by atoms with van der Waals surface area (Å²) in [5, 5.41) is 0. The van der Waals surface area contributed by atoms with Gasteiger partial charge in [0.15, 0.2) is 0 Å². The van der Waals surface area contributed by atoms with E-state index in [4.69, 9.17) is 4.74 Å². The minimum absolute atomic E-state index is 0.0174. The Labute approximate surface area is 156 Å². The van der Waals surface area contributed by atoms with Gasteiger partial charge in [0.1, 0.15) is 12.3 Å². The van der Waals surface area contributed by atoms with Gasteiger partial charge in [-0.1, -0.05) is 12.8 Å². The van der Waals surface area contributed by atoms with Crippen molar-refractivity contribution in [2.75, 3.05) is 33.8 Å². The van der Waals surface area contributed by atoms with Gasteiger partial charge < -0.3 is 9.64 Å². The standard InChI is InChI=1S/C17H23F3N2O4S/c1-21(12-17(18,19)20)16(23)14-11-13(7-8-15(14)26-2)27(24,25)22-9-5-3-4-6-10-22/h7-8,11H,3-6,9-10,12H2,1-2H3. The van der Waals surface area contributed by atoms with Gasteiger partial charge in [-0.05, 0) is 31.0 Å². The number of halogens is 3. The van der Waals surface area contributed by atoms with Gasteiger partial charge >= 0.3 is 6.18 Å². The molecule has 27 heavy (non-hydrogen) atoms. The lowest BCUT2D eigenvalue weighted by atomic mass is 10.1. The third kappa shape index (κ3) is 5.35. The van der Waals surface area contributed by atoms with E-state index in [1.807, 2.05) is 0 Å². The molecule has 1 aromatic carbocycles. The summed E-state index contributed by atoms with van der Waals surface area (Å²) in [6, 6.07) is 3.69. The van der Waals surface area contributed by atoms with E-state index in [2.05, 4.69) is 0 Å². The molecule has 0 saturated carbocycles. The first kappa shape index (κ1) is 21.5. The van der Waals surface area contributed by atoms with E-state index in [9.17, 15) is 26.4 Å². The molecule has 1 fully saturated rings. The zero-order chi connectivity index (χ0) is 20.2. The van der Waals surface area contributed by atoms with Gasteiger partial charge in [-0.15, -0.1) is 0 Å². The molecule has 1 aliphatic rings. The topological polar surface area (TPSA) is 66.9 Å². The quantitative estimate of drug-likeness (QED) is 0.752. The van der Waals surface area contributed by atoms with Gasteiger partial charge in [0, 0.05) is 20.1 Å². The van der Waals surface area contributed by atoms with Gasteiger partial charge in [0.25, 0.3) is 5.91 Å². The van der Waals surface area contributed by atoms with Crippen molar-refractivity contribution in [3.05, 3.63) is 23.8 Å². The summed E-state index contributed by atoms with van der Waals surface area (Å²) in [6.07, 6.45) is -1.18.